The van der Waals surface area contributed by atoms with Gasteiger partial charge in [-0.05, 0) is 19.1 Å². The first kappa shape index (κ1) is 15.6. The van der Waals surface area contributed by atoms with E-state index < -0.39 is 5.91 Å². The van der Waals surface area contributed by atoms with Gasteiger partial charge >= 0.3 is 0 Å². The van der Waals surface area contributed by atoms with E-state index >= 15 is 0 Å². The van der Waals surface area contributed by atoms with E-state index in [0.29, 0.717) is 17.7 Å². The molecule has 0 aliphatic rings. The molecule has 2 rings (SSSR count). The smallest absolute Gasteiger partial charge is 0.287 e. The van der Waals surface area contributed by atoms with Crippen molar-refractivity contribution in [2.24, 2.45) is 0 Å². The van der Waals surface area contributed by atoms with Crippen molar-refractivity contribution in [1.29, 1.82) is 0 Å². The van der Waals surface area contributed by atoms with Gasteiger partial charge in [0, 0.05) is 18.7 Å². The number of hydrogen-bond donors (Lipinski definition) is 2. The third kappa shape index (κ3) is 3.43. The molecule has 2 aromatic rings. The molecule has 1 aromatic carbocycles. The minimum atomic E-state index is -0.631. The van der Waals surface area contributed by atoms with Crippen molar-refractivity contribution in [2.75, 3.05) is 20.2 Å². The zero-order valence-corrected chi connectivity index (χ0v) is 12.3. The van der Waals surface area contributed by atoms with Crippen LogP contribution in [0.15, 0.2) is 33.5 Å². The molecule has 0 spiro atoms. The van der Waals surface area contributed by atoms with Crippen LogP contribution in [0, 0.1) is 0 Å². The van der Waals surface area contributed by atoms with Gasteiger partial charge in [-0.2, -0.15) is 0 Å². The first-order chi connectivity index (χ1) is 10.5. The number of likely N-dealkylation sites (N-methyl/N-ethyl adjacent to an activating group) is 1. The van der Waals surface area contributed by atoms with Crippen LogP contribution in [0.2, 0.25) is 0 Å². The van der Waals surface area contributed by atoms with Crippen LogP contribution in [-0.2, 0) is 4.79 Å². The summed E-state index contributed by atoms with van der Waals surface area (Å²) in [5.74, 6) is -0.598. The number of rotatable bonds is 5. The Labute approximate surface area is 126 Å². The first-order valence-electron chi connectivity index (χ1n) is 6.72. The summed E-state index contributed by atoms with van der Waals surface area (Å²) < 4.78 is 10.5. The molecule has 0 unspecified atom stereocenters. The number of ether oxygens (including phenoxy) is 1. The largest absolute Gasteiger partial charge is 0.497 e. The quantitative estimate of drug-likeness (QED) is 0.846. The average Bonchev–Trinajstić information content (AvgIpc) is 2.52. The lowest BCUT2D eigenvalue weighted by atomic mass is 10.2. The van der Waals surface area contributed by atoms with E-state index in [4.69, 9.17) is 9.15 Å². The maximum Gasteiger partial charge on any atom is 0.287 e. The fraction of sp³-hybridized carbons (Fsp3) is 0.267. The van der Waals surface area contributed by atoms with Crippen LogP contribution in [0.5, 0.6) is 5.75 Å². The highest BCUT2D eigenvalue weighted by atomic mass is 16.5. The molecule has 1 heterocycles. The van der Waals surface area contributed by atoms with Crippen LogP contribution < -0.4 is 20.8 Å². The summed E-state index contributed by atoms with van der Waals surface area (Å²) in [5.41, 5.74) is -0.0953. The highest BCUT2D eigenvalue weighted by molar-refractivity contribution is 5.95. The number of amides is 2. The summed E-state index contributed by atoms with van der Waals surface area (Å²) in [4.78, 5) is 35.2. The number of nitrogens with one attached hydrogen (secondary N) is 2. The minimum Gasteiger partial charge on any atom is -0.497 e. The van der Waals surface area contributed by atoms with E-state index in [2.05, 4.69) is 10.6 Å². The molecule has 7 heteroatoms. The number of fused-ring (bicyclic) bond motifs is 1. The van der Waals surface area contributed by atoms with Gasteiger partial charge in [0.1, 0.15) is 11.3 Å². The molecule has 0 atom stereocenters. The van der Waals surface area contributed by atoms with Crippen molar-refractivity contribution < 1.29 is 18.7 Å². The molecule has 116 valence electrons. The van der Waals surface area contributed by atoms with Gasteiger partial charge in [-0.15, -0.1) is 0 Å². The highest BCUT2D eigenvalue weighted by Gasteiger charge is 2.13. The van der Waals surface area contributed by atoms with E-state index in [1.165, 1.54) is 13.2 Å². The van der Waals surface area contributed by atoms with Gasteiger partial charge in [0.2, 0.25) is 5.91 Å². The summed E-state index contributed by atoms with van der Waals surface area (Å²) in [6, 6.07) is 5.82. The number of hydrogen-bond acceptors (Lipinski definition) is 5. The van der Waals surface area contributed by atoms with Gasteiger partial charge in [-0.25, -0.2) is 0 Å². The van der Waals surface area contributed by atoms with E-state index in [1.54, 1.807) is 19.1 Å². The van der Waals surface area contributed by atoms with E-state index in [1.807, 2.05) is 0 Å². The summed E-state index contributed by atoms with van der Waals surface area (Å²) in [6.07, 6.45) is 0. The molecule has 0 aliphatic carbocycles. The Hall–Kier alpha value is -2.83. The lowest BCUT2D eigenvalue weighted by molar-refractivity contribution is -0.120. The Morgan fingerprint density at radius 2 is 2.00 bits per heavy atom. The monoisotopic (exact) mass is 304 g/mol. The molecule has 22 heavy (non-hydrogen) atoms. The topological polar surface area (TPSA) is 97.6 Å². The molecular formula is C15H16N2O5. The fourth-order valence-electron chi connectivity index (χ4n) is 1.88. The molecular weight excluding hydrogens is 288 g/mol. The van der Waals surface area contributed by atoms with Gasteiger partial charge < -0.3 is 19.8 Å². The van der Waals surface area contributed by atoms with Gasteiger partial charge in [0.25, 0.3) is 5.91 Å². The summed E-state index contributed by atoms with van der Waals surface area (Å²) >= 11 is 0. The van der Waals surface area contributed by atoms with Crippen LogP contribution >= 0.6 is 0 Å². The second kappa shape index (κ2) is 6.75. The molecule has 0 aliphatic heterocycles. The molecule has 0 saturated heterocycles. The first-order valence-corrected chi connectivity index (χ1v) is 6.72. The maximum absolute atomic E-state index is 12.0. The fourth-order valence-corrected chi connectivity index (χ4v) is 1.88. The van der Waals surface area contributed by atoms with Gasteiger partial charge in [0.05, 0.1) is 19.0 Å². The third-order valence-corrected chi connectivity index (χ3v) is 2.94. The molecule has 0 radical (unpaired) electrons. The van der Waals surface area contributed by atoms with Crippen molar-refractivity contribution in [1.82, 2.24) is 10.6 Å². The highest BCUT2D eigenvalue weighted by Crippen LogP contribution is 2.19. The number of carbonyl (C=O) groups excluding carboxylic acids is 2. The van der Waals surface area contributed by atoms with Crippen LogP contribution in [0.3, 0.4) is 0 Å². The molecule has 2 N–H and O–H groups in total. The zero-order valence-electron chi connectivity index (χ0n) is 12.3. The van der Waals surface area contributed by atoms with Crippen molar-refractivity contribution in [3.05, 3.63) is 40.2 Å². The Morgan fingerprint density at radius 1 is 1.23 bits per heavy atom. The Balaban J connectivity index is 2.25. The van der Waals surface area contributed by atoms with Gasteiger partial charge in [-0.1, -0.05) is 0 Å². The van der Waals surface area contributed by atoms with E-state index in [-0.39, 0.29) is 29.2 Å². The second-order valence-corrected chi connectivity index (χ2v) is 4.47. The molecule has 0 bridgehead atoms. The van der Waals surface area contributed by atoms with Crippen LogP contribution in [0.25, 0.3) is 11.0 Å². The summed E-state index contributed by atoms with van der Waals surface area (Å²) in [7, 11) is 1.49. The SMILES string of the molecule is CCNC(=O)CNC(=O)c1cc(=O)c2ccc(OC)cc2o1. The normalized spacial score (nSPS) is 10.3. The van der Waals surface area contributed by atoms with E-state index in [9.17, 15) is 14.4 Å². The van der Waals surface area contributed by atoms with Crippen molar-refractivity contribution in [3.8, 4) is 5.75 Å². The van der Waals surface area contributed by atoms with Gasteiger partial charge in [0.15, 0.2) is 11.2 Å². The zero-order chi connectivity index (χ0) is 16.1. The standard InChI is InChI=1S/C15H16N2O5/c1-3-16-14(19)8-17-15(20)13-7-11(18)10-5-4-9(21-2)6-12(10)22-13/h4-7H,3,8H2,1-2H3,(H,16,19)(H,17,20). The molecule has 7 nitrogen and oxygen atoms in total. The molecule has 0 fully saturated rings. The summed E-state index contributed by atoms with van der Waals surface area (Å²) in [5, 5.41) is 5.28. The third-order valence-electron chi connectivity index (χ3n) is 2.94. The van der Waals surface area contributed by atoms with Crippen molar-refractivity contribution in [2.45, 2.75) is 6.92 Å². The number of benzene rings is 1. The summed E-state index contributed by atoms with van der Waals surface area (Å²) in [6.45, 7) is 2.06. The minimum absolute atomic E-state index is 0.157. The second-order valence-electron chi connectivity index (χ2n) is 4.47. The maximum atomic E-state index is 12.0. The predicted molar refractivity (Wildman–Crippen MR) is 80.1 cm³/mol. The van der Waals surface area contributed by atoms with Crippen LogP contribution in [-0.4, -0.2) is 32.0 Å². The number of carbonyl (C=O) groups is 2. The van der Waals surface area contributed by atoms with Gasteiger partial charge in [-0.3, -0.25) is 14.4 Å². The van der Waals surface area contributed by atoms with Crippen LogP contribution in [0.4, 0.5) is 0 Å². The van der Waals surface area contributed by atoms with E-state index in [0.717, 1.165) is 6.07 Å². The molecule has 1 aromatic heterocycles. The van der Waals surface area contributed by atoms with Crippen molar-refractivity contribution >= 4 is 22.8 Å². The lowest BCUT2D eigenvalue weighted by Crippen LogP contribution is -2.36. The Morgan fingerprint density at radius 3 is 2.68 bits per heavy atom. The predicted octanol–water partition coefficient (Wildman–Crippen LogP) is 0.667. The number of methoxy groups -OCH3 is 1. The van der Waals surface area contributed by atoms with Crippen LogP contribution in [0.1, 0.15) is 17.5 Å². The average molecular weight is 304 g/mol. The van der Waals surface area contributed by atoms with Crippen molar-refractivity contribution in [3.63, 3.8) is 0 Å². The Bertz CT molecular complexity index is 766. The molecule has 2 amide bonds. The molecule has 0 saturated carbocycles. The lowest BCUT2D eigenvalue weighted by Gasteiger charge is -2.06. The Kier molecular flexibility index (Phi) is 4.77.